The van der Waals surface area contributed by atoms with Crippen LogP contribution in [0.15, 0.2) is 18.2 Å². The monoisotopic (exact) mass is 248 g/mol. The second-order valence-corrected chi connectivity index (χ2v) is 5.82. The lowest BCUT2D eigenvalue weighted by Gasteiger charge is -2.19. The number of hydrogen-bond donors (Lipinski definition) is 2. The summed E-state index contributed by atoms with van der Waals surface area (Å²) in [7, 11) is 0. The molecule has 1 aromatic rings. The molecular formula is C15H24N2O. The molecular weight excluding hydrogens is 224 g/mol. The molecule has 0 saturated heterocycles. The Morgan fingerprint density at radius 1 is 1.28 bits per heavy atom. The predicted molar refractivity (Wildman–Crippen MR) is 77.1 cm³/mol. The summed E-state index contributed by atoms with van der Waals surface area (Å²) >= 11 is 0. The predicted octanol–water partition coefficient (Wildman–Crippen LogP) is 3.20. The molecule has 0 heterocycles. The summed E-state index contributed by atoms with van der Waals surface area (Å²) in [6.07, 6.45) is 0. The van der Waals surface area contributed by atoms with Crippen molar-refractivity contribution in [3.05, 3.63) is 29.3 Å². The molecule has 0 bridgehead atoms. The number of benzene rings is 1. The van der Waals surface area contributed by atoms with Crippen molar-refractivity contribution in [3.63, 3.8) is 0 Å². The summed E-state index contributed by atoms with van der Waals surface area (Å²) in [4.78, 5) is 12.1. The van der Waals surface area contributed by atoms with E-state index < -0.39 is 0 Å². The number of nitrogens with one attached hydrogen (secondary N) is 2. The van der Waals surface area contributed by atoms with Gasteiger partial charge in [0.15, 0.2) is 0 Å². The van der Waals surface area contributed by atoms with Gasteiger partial charge in [0.05, 0.1) is 5.56 Å². The Labute approximate surface area is 110 Å². The van der Waals surface area contributed by atoms with Gasteiger partial charge in [-0.1, -0.05) is 26.8 Å². The van der Waals surface area contributed by atoms with Crippen molar-refractivity contribution in [1.29, 1.82) is 0 Å². The van der Waals surface area contributed by atoms with E-state index in [9.17, 15) is 4.79 Å². The molecule has 0 unspecified atom stereocenters. The first-order valence-corrected chi connectivity index (χ1v) is 6.46. The van der Waals surface area contributed by atoms with Crippen molar-refractivity contribution >= 4 is 11.6 Å². The van der Waals surface area contributed by atoms with E-state index in [1.807, 2.05) is 32.0 Å². The highest BCUT2D eigenvalue weighted by Crippen LogP contribution is 2.18. The van der Waals surface area contributed by atoms with Crippen LogP contribution < -0.4 is 10.6 Å². The van der Waals surface area contributed by atoms with Gasteiger partial charge in [-0.25, -0.2) is 0 Å². The molecule has 0 radical (unpaired) electrons. The van der Waals surface area contributed by atoms with E-state index in [0.717, 1.165) is 17.8 Å². The van der Waals surface area contributed by atoms with Gasteiger partial charge in [-0.3, -0.25) is 4.79 Å². The fourth-order valence-corrected chi connectivity index (χ4v) is 1.63. The maximum absolute atomic E-state index is 12.1. The fourth-order valence-electron chi connectivity index (χ4n) is 1.63. The zero-order valence-electron chi connectivity index (χ0n) is 12.1. The van der Waals surface area contributed by atoms with E-state index in [1.165, 1.54) is 0 Å². The van der Waals surface area contributed by atoms with Crippen LogP contribution in [0.5, 0.6) is 0 Å². The Hall–Kier alpha value is -1.51. The highest BCUT2D eigenvalue weighted by molar-refractivity contribution is 5.99. The lowest BCUT2D eigenvalue weighted by Crippen LogP contribution is -2.32. The van der Waals surface area contributed by atoms with Crippen molar-refractivity contribution < 1.29 is 4.79 Å². The third-order valence-electron chi connectivity index (χ3n) is 2.57. The van der Waals surface area contributed by atoms with Gasteiger partial charge < -0.3 is 10.6 Å². The third-order valence-corrected chi connectivity index (χ3v) is 2.57. The molecule has 0 atom stereocenters. The van der Waals surface area contributed by atoms with E-state index >= 15 is 0 Å². The minimum Gasteiger partial charge on any atom is -0.385 e. The fraction of sp³-hybridized carbons (Fsp3) is 0.533. The van der Waals surface area contributed by atoms with E-state index in [0.29, 0.717) is 12.1 Å². The van der Waals surface area contributed by atoms with E-state index in [4.69, 9.17) is 0 Å². The van der Waals surface area contributed by atoms with Crippen LogP contribution in [0.4, 0.5) is 5.69 Å². The number of anilines is 1. The van der Waals surface area contributed by atoms with Crippen LogP contribution in [0.25, 0.3) is 0 Å². The van der Waals surface area contributed by atoms with Crippen molar-refractivity contribution in [3.8, 4) is 0 Å². The topological polar surface area (TPSA) is 41.1 Å². The van der Waals surface area contributed by atoms with Gasteiger partial charge in [0.1, 0.15) is 0 Å². The summed E-state index contributed by atoms with van der Waals surface area (Å²) in [5.41, 5.74) is 2.87. The van der Waals surface area contributed by atoms with Crippen molar-refractivity contribution in [2.24, 2.45) is 5.41 Å². The summed E-state index contributed by atoms with van der Waals surface area (Å²) in [5.74, 6) is -0.0131. The molecule has 0 aliphatic heterocycles. The standard InChI is InChI=1S/C15H24N2O/c1-6-16-13-9-11(2)7-8-12(13)14(18)17-10-15(3,4)5/h7-9,16H,6,10H2,1-5H3,(H,17,18). The molecule has 0 aromatic heterocycles. The molecule has 1 rings (SSSR count). The molecule has 1 aromatic carbocycles. The van der Waals surface area contributed by atoms with E-state index in [-0.39, 0.29) is 11.3 Å². The molecule has 0 aliphatic rings. The maximum Gasteiger partial charge on any atom is 0.253 e. The summed E-state index contributed by atoms with van der Waals surface area (Å²) in [6, 6.07) is 5.85. The molecule has 3 heteroatoms. The maximum atomic E-state index is 12.1. The second kappa shape index (κ2) is 5.89. The number of rotatable bonds is 4. The Morgan fingerprint density at radius 2 is 1.94 bits per heavy atom. The Kier molecular flexibility index (Phi) is 4.76. The van der Waals surface area contributed by atoms with Crippen molar-refractivity contribution in [2.45, 2.75) is 34.6 Å². The van der Waals surface area contributed by atoms with Crippen LogP contribution in [0.2, 0.25) is 0 Å². The van der Waals surface area contributed by atoms with Gasteiger partial charge in [-0.15, -0.1) is 0 Å². The van der Waals surface area contributed by atoms with E-state index in [2.05, 4.69) is 31.4 Å². The number of amides is 1. The zero-order chi connectivity index (χ0) is 13.8. The van der Waals surface area contributed by atoms with Crippen molar-refractivity contribution in [1.82, 2.24) is 5.32 Å². The lowest BCUT2D eigenvalue weighted by molar-refractivity contribution is 0.0940. The molecule has 3 nitrogen and oxygen atoms in total. The Morgan fingerprint density at radius 3 is 2.50 bits per heavy atom. The molecule has 0 fully saturated rings. The highest BCUT2D eigenvalue weighted by atomic mass is 16.1. The van der Waals surface area contributed by atoms with Crippen LogP contribution in [0, 0.1) is 12.3 Å². The molecule has 1 amide bonds. The first-order chi connectivity index (χ1) is 8.33. The number of carbonyl (C=O) groups is 1. The minimum atomic E-state index is -0.0131. The third kappa shape index (κ3) is 4.40. The first-order valence-electron chi connectivity index (χ1n) is 6.46. The van der Waals surface area contributed by atoms with Gasteiger partial charge in [0.25, 0.3) is 5.91 Å². The van der Waals surface area contributed by atoms with E-state index in [1.54, 1.807) is 0 Å². The number of aryl methyl sites for hydroxylation is 1. The highest BCUT2D eigenvalue weighted by Gasteiger charge is 2.15. The Balaban J connectivity index is 2.84. The molecule has 100 valence electrons. The quantitative estimate of drug-likeness (QED) is 0.859. The molecule has 0 aliphatic carbocycles. The normalized spacial score (nSPS) is 11.2. The summed E-state index contributed by atoms with van der Waals surface area (Å²) < 4.78 is 0. The van der Waals surface area contributed by atoms with Gasteiger partial charge in [-0.05, 0) is 37.0 Å². The molecule has 0 saturated carbocycles. The Bertz CT molecular complexity index is 419. The van der Waals surface area contributed by atoms with Gasteiger partial charge in [-0.2, -0.15) is 0 Å². The molecule has 2 N–H and O–H groups in total. The van der Waals surface area contributed by atoms with Crippen LogP contribution in [0.1, 0.15) is 43.6 Å². The number of hydrogen-bond acceptors (Lipinski definition) is 2. The second-order valence-electron chi connectivity index (χ2n) is 5.82. The molecule has 0 spiro atoms. The zero-order valence-corrected chi connectivity index (χ0v) is 12.1. The molecule has 18 heavy (non-hydrogen) atoms. The SMILES string of the molecule is CCNc1cc(C)ccc1C(=O)NCC(C)(C)C. The van der Waals surface area contributed by atoms with Crippen LogP contribution in [-0.2, 0) is 0 Å². The summed E-state index contributed by atoms with van der Waals surface area (Å²) in [6.45, 7) is 11.8. The minimum absolute atomic E-state index is 0.0131. The van der Waals surface area contributed by atoms with Crippen LogP contribution in [0.3, 0.4) is 0 Å². The average Bonchev–Trinajstić information content (AvgIpc) is 2.25. The summed E-state index contributed by atoms with van der Waals surface area (Å²) in [5, 5.41) is 6.21. The van der Waals surface area contributed by atoms with Crippen molar-refractivity contribution in [2.75, 3.05) is 18.4 Å². The van der Waals surface area contributed by atoms with Gasteiger partial charge in [0.2, 0.25) is 0 Å². The van der Waals surface area contributed by atoms with Gasteiger partial charge in [0, 0.05) is 18.8 Å². The smallest absolute Gasteiger partial charge is 0.253 e. The van der Waals surface area contributed by atoms with Gasteiger partial charge >= 0.3 is 0 Å². The van der Waals surface area contributed by atoms with Crippen LogP contribution >= 0.6 is 0 Å². The first kappa shape index (κ1) is 14.6. The average molecular weight is 248 g/mol. The van der Waals surface area contributed by atoms with Crippen LogP contribution in [-0.4, -0.2) is 19.0 Å². The lowest BCUT2D eigenvalue weighted by atomic mass is 9.97. The largest absolute Gasteiger partial charge is 0.385 e. The number of carbonyl (C=O) groups excluding carboxylic acids is 1.